The predicted octanol–water partition coefficient (Wildman–Crippen LogP) is 0.204. The van der Waals surface area contributed by atoms with Crippen molar-refractivity contribution in [3.8, 4) is 0 Å². The van der Waals surface area contributed by atoms with Crippen molar-refractivity contribution in [3.05, 3.63) is 42.5 Å². The van der Waals surface area contributed by atoms with E-state index in [2.05, 4.69) is 14.8 Å². The molecule has 0 fully saturated rings. The van der Waals surface area contributed by atoms with Gasteiger partial charge in [0.15, 0.2) is 0 Å². The van der Waals surface area contributed by atoms with Gasteiger partial charge in [0, 0.05) is 51.8 Å². The van der Waals surface area contributed by atoms with Crippen molar-refractivity contribution in [2.45, 2.75) is 6.54 Å². The second kappa shape index (κ2) is 8.49. The van der Waals surface area contributed by atoms with Gasteiger partial charge in [-0.3, -0.25) is 4.98 Å². The van der Waals surface area contributed by atoms with E-state index in [9.17, 15) is 0 Å². The number of nitrogens with two attached hydrogens (primary N) is 2. The molecular weight excluding hydrogens is 226 g/mol. The summed E-state index contributed by atoms with van der Waals surface area (Å²) in [5, 5.41) is 0. The molecule has 0 spiro atoms. The number of hydrogen-bond donors (Lipinski definition) is 2. The van der Waals surface area contributed by atoms with Gasteiger partial charge in [-0.05, 0) is 12.1 Å². The van der Waals surface area contributed by atoms with Gasteiger partial charge in [0.05, 0.1) is 12.2 Å². The van der Waals surface area contributed by atoms with Crippen LogP contribution in [0, 0.1) is 0 Å². The molecule has 0 saturated carbocycles. The smallest absolute Gasteiger partial charge is 0.0596 e. The molecule has 18 heavy (non-hydrogen) atoms. The normalized spacial score (nSPS) is 10.8. The molecule has 1 aromatic heterocycles. The third-order valence-electron chi connectivity index (χ3n) is 2.50. The van der Waals surface area contributed by atoms with Gasteiger partial charge in [-0.25, -0.2) is 0 Å². The number of aromatic nitrogens is 1. The average molecular weight is 249 g/mol. The number of nitrogens with zero attached hydrogens (tertiary/aromatic N) is 3. The van der Waals surface area contributed by atoms with Gasteiger partial charge in [-0.15, -0.1) is 0 Å². The zero-order valence-electron chi connectivity index (χ0n) is 11.0. The third kappa shape index (κ3) is 5.65. The van der Waals surface area contributed by atoms with Gasteiger partial charge in [-0.2, -0.15) is 0 Å². The van der Waals surface area contributed by atoms with E-state index < -0.39 is 0 Å². The Hall–Kier alpha value is -1.59. The van der Waals surface area contributed by atoms with Crippen LogP contribution in [0.2, 0.25) is 0 Å². The van der Waals surface area contributed by atoms with Gasteiger partial charge in [-0.1, -0.05) is 6.07 Å². The molecule has 0 aromatic carbocycles. The van der Waals surface area contributed by atoms with Crippen LogP contribution in [0.3, 0.4) is 0 Å². The van der Waals surface area contributed by atoms with E-state index in [1.807, 2.05) is 43.8 Å². The highest BCUT2D eigenvalue weighted by Gasteiger charge is 1.98. The quantitative estimate of drug-likeness (QED) is 0.689. The molecule has 0 aliphatic rings. The van der Waals surface area contributed by atoms with Crippen molar-refractivity contribution in [3.63, 3.8) is 0 Å². The molecule has 0 aliphatic heterocycles. The molecule has 4 N–H and O–H groups in total. The molecule has 0 bridgehead atoms. The molecule has 0 saturated heterocycles. The fourth-order valence-electron chi connectivity index (χ4n) is 1.60. The molecule has 0 amide bonds. The molecule has 0 unspecified atom stereocenters. The summed E-state index contributed by atoms with van der Waals surface area (Å²) in [6.45, 7) is 3.70. The summed E-state index contributed by atoms with van der Waals surface area (Å²) < 4.78 is 0. The Morgan fingerprint density at radius 3 is 2.44 bits per heavy atom. The average Bonchev–Trinajstić information content (AvgIpc) is 2.38. The fourth-order valence-corrected chi connectivity index (χ4v) is 1.60. The van der Waals surface area contributed by atoms with Crippen LogP contribution in [-0.4, -0.2) is 48.0 Å². The van der Waals surface area contributed by atoms with Crippen LogP contribution in [0.25, 0.3) is 0 Å². The van der Waals surface area contributed by atoms with Crippen molar-refractivity contribution in [1.82, 2.24) is 14.8 Å². The Morgan fingerprint density at radius 1 is 1.17 bits per heavy atom. The van der Waals surface area contributed by atoms with Crippen molar-refractivity contribution in [1.29, 1.82) is 0 Å². The monoisotopic (exact) mass is 249 g/mol. The SMILES string of the molecule is CN(/C=C/N(CCN)CCN)Cc1ccccn1. The molecule has 100 valence electrons. The maximum absolute atomic E-state index is 5.55. The van der Waals surface area contributed by atoms with Gasteiger partial charge in [0.1, 0.15) is 0 Å². The number of pyridine rings is 1. The Bertz CT molecular complexity index is 332. The molecule has 5 nitrogen and oxygen atoms in total. The van der Waals surface area contributed by atoms with Gasteiger partial charge >= 0.3 is 0 Å². The van der Waals surface area contributed by atoms with Crippen LogP contribution >= 0.6 is 0 Å². The highest BCUT2D eigenvalue weighted by atomic mass is 15.1. The summed E-state index contributed by atoms with van der Waals surface area (Å²) in [6, 6.07) is 5.93. The zero-order chi connectivity index (χ0) is 13.2. The summed E-state index contributed by atoms with van der Waals surface area (Å²) in [7, 11) is 2.02. The van der Waals surface area contributed by atoms with Gasteiger partial charge < -0.3 is 21.3 Å². The lowest BCUT2D eigenvalue weighted by atomic mass is 10.3. The zero-order valence-corrected chi connectivity index (χ0v) is 11.0. The van der Waals surface area contributed by atoms with Gasteiger partial charge in [0.2, 0.25) is 0 Å². The molecule has 0 atom stereocenters. The van der Waals surface area contributed by atoms with Crippen molar-refractivity contribution in [2.24, 2.45) is 11.5 Å². The lowest BCUT2D eigenvalue weighted by Gasteiger charge is -2.20. The molecule has 1 heterocycles. The Morgan fingerprint density at radius 2 is 1.89 bits per heavy atom. The van der Waals surface area contributed by atoms with Crippen LogP contribution in [0.15, 0.2) is 36.8 Å². The highest BCUT2D eigenvalue weighted by Crippen LogP contribution is 1.99. The second-order valence-electron chi connectivity index (χ2n) is 4.15. The Labute approximate surface area is 109 Å². The minimum atomic E-state index is 0.633. The topological polar surface area (TPSA) is 71.4 Å². The predicted molar refractivity (Wildman–Crippen MR) is 74.5 cm³/mol. The van der Waals surface area contributed by atoms with Crippen LogP contribution in [0.1, 0.15) is 5.69 Å². The first-order valence-electron chi connectivity index (χ1n) is 6.19. The van der Waals surface area contributed by atoms with E-state index >= 15 is 0 Å². The molecule has 0 aliphatic carbocycles. The van der Waals surface area contributed by atoms with E-state index in [0.29, 0.717) is 13.1 Å². The van der Waals surface area contributed by atoms with E-state index in [1.165, 1.54) is 0 Å². The largest absolute Gasteiger partial charge is 0.374 e. The van der Waals surface area contributed by atoms with Crippen LogP contribution in [0.4, 0.5) is 0 Å². The van der Waals surface area contributed by atoms with Crippen molar-refractivity contribution in [2.75, 3.05) is 33.2 Å². The van der Waals surface area contributed by atoms with Crippen LogP contribution in [0.5, 0.6) is 0 Å². The first kappa shape index (κ1) is 14.5. The molecule has 0 radical (unpaired) electrons. The van der Waals surface area contributed by atoms with E-state index in [1.54, 1.807) is 0 Å². The number of rotatable bonds is 8. The molecular formula is C13H23N5. The minimum Gasteiger partial charge on any atom is -0.374 e. The van der Waals surface area contributed by atoms with E-state index in [0.717, 1.165) is 25.3 Å². The summed E-state index contributed by atoms with van der Waals surface area (Å²) >= 11 is 0. The lowest BCUT2D eigenvalue weighted by Crippen LogP contribution is -2.30. The first-order valence-corrected chi connectivity index (χ1v) is 6.19. The van der Waals surface area contributed by atoms with E-state index in [4.69, 9.17) is 11.5 Å². The standard InChI is InChI=1S/C13H23N5/c1-17(12-13-4-2-3-7-16-13)10-11-18(8-5-14)9-6-15/h2-4,7,10-11H,5-6,8-9,12,14-15H2,1H3/b11-10+. The molecule has 5 heteroatoms. The molecule has 1 aromatic rings. The maximum Gasteiger partial charge on any atom is 0.0596 e. The second-order valence-corrected chi connectivity index (χ2v) is 4.15. The number of hydrogen-bond acceptors (Lipinski definition) is 5. The summed E-state index contributed by atoms with van der Waals surface area (Å²) in [4.78, 5) is 8.49. The summed E-state index contributed by atoms with van der Waals surface area (Å²) in [6.07, 6.45) is 5.87. The minimum absolute atomic E-state index is 0.633. The van der Waals surface area contributed by atoms with Gasteiger partial charge in [0.25, 0.3) is 0 Å². The maximum atomic E-state index is 5.55. The highest BCUT2D eigenvalue weighted by molar-refractivity contribution is 5.03. The Balaban J connectivity index is 2.44. The van der Waals surface area contributed by atoms with Crippen LogP contribution < -0.4 is 11.5 Å². The lowest BCUT2D eigenvalue weighted by molar-refractivity contribution is 0.373. The molecule has 1 rings (SSSR count). The summed E-state index contributed by atoms with van der Waals surface area (Å²) in [5.41, 5.74) is 12.1. The van der Waals surface area contributed by atoms with Crippen molar-refractivity contribution >= 4 is 0 Å². The van der Waals surface area contributed by atoms with Crippen molar-refractivity contribution < 1.29 is 0 Å². The summed E-state index contributed by atoms with van der Waals surface area (Å²) in [5.74, 6) is 0. The Kier molecular flexibility index (Phi) is 6.83. The fraction of sp³-hybridized carbons (Fsp3) is 0.462. The van der Waals surface area contributed by atoms with E-state index in [-0.39, 0.29) is 0 Å². The first-order chi connectivity index (χ1) is 8.76. The third-order valence-corrected chi connectivity index (χ3v) is 2.50. The van der Waals surface area contributed by atoms with Crippen LogP contribution in [-0.2, 0) is 6.54 Å².